The average molecular weight is 310 g/mol. The average Bonchev–Trinajstić information content (AvgIpc) is 2.25. The summed E-state index contributed by atoms with van der Waals surface area (Å²) in [4.78, 5) is 0. The molecule has 0 aliphatic heterocycles. The van der Waals surface area contributed by atoms with Crippen molar-refractivity contribution in [2.45, 2.75) is 18.9 Å². The third-order valence-electron chi connectivity index (χ3n) is 2.31. The van der Waals surface area contributed by atoms with Gasteiger partial charge in [-0.2, -0.15) is 0 Å². The van der Waals surface area contributed by atoms with E-state index in [0.717, 1.165) is 28.6 Å². The van der Waals surface area contributed by atoms with Crippen LogP contribution < -0.4 is 16.2 Å². The maximum Gasteiger partial charge on any atom is 0.123 e. The molecule has 0 amide bonds. The molecular weight excluding hydrogens is 291 g/mol. The van der Waals surface area contributed by atoms with Gasteiger partial charge in [-0.3, -0.25) is 0 Å². The minimum absolute atomic E-state index is 0. The predicted octanol–water partition coefficient (Wildman–Crippen LogP) is 2.62. The van der Waals surface area contributed by atoms with Gasteiger partial charge < -0.3 is 16.2 Å². The van der Waals surface area contributed by atoms with Crippen molar-refractivity contribution < 1.29 is 4.74 Å². The van der Waals surface area contributed by atoms with Gasteiger partial charge in [-0.15, -0.1) is 12.4 Å². The molecule has 16 heavy (non-hydrogen) atoms. The van der Waals surface area contributed by atoms with E-state index in [9.17, 15) is 0 Å². The summed E-state index contributed by atoms with van der Waals surface area (Å²) in [6.45, 7) is 0.671. The van der Waals surface area contributed by atoms with Crippen LogP contribution in [0.2, 0.25) is 0 Å². The van der Waals surface area contributed by atoms with Gasteiger partial charge in [0.2, 0.25) is 0 Å². The summed E-state index contributed by atoms with van der Waals surface area (Å²) in [7, 11) is 1.66. The normalized spacial score (nSPS) is 11.8. The molecule has 0 fully saturated rings. The Hall–Kier alpha value is -0.290. The van der Waals surface area contributed by atoms with E-state index in [1.54, 1.807) is 7.11 Å². The first kappa shape index (κ1) is 15.7. The number of halogens is 2. The van der Waals surface area contributed by atoms with Gasteiger partial charge in [-0.1, -0.05) is 15.9 Å². The summed E-state index contributed by atoms with van der Waals surface area (Å²) in [5.41, 5.74) is 12.6. The molecule has 0 unspecified atom stereocenters. The van der Waals surface area contributed by atoms with E-state index in [4.69, 9.17) is 16.2 Å². The summed E-state index contributed by atoms with van der Waals surface area (Å²) in [5, 5.41) is 0. The molecule has 4 N–H and O–H groups in total. The Morgan fingerprint density at radius 3 is 2.69 bits per heavy atom. The molecule has 0 aromatic heterocycles. The molecule has 0 bridgehead atoms. The second-order valence-corrected chi connectivity index (χ2v) is 4.34. The molecule has 0 aliphatic rings. The Labute approximate surface area is 111 Å². The lowest BCUT2D eigenvalue weighted by atomic mass is 10.0. The van der Waals surface area contributed by atoms with Crippen molar-refractivity contribution >= 4 is 28.3 Å². The topological polar surface area (TPSA) is 61.3 Å². The molecule has 1 aromatic carbocycles. The van der Waals surface area contributed by atoms with E-state index in [1.165, 1.54) is 0 Å². The number of ether oxygens (including phenoxy) is 1. The van der Waals surface area contributed by atoms with Crippen molar-refractivity contribution in [3.8, 4) is 5.75 Å². The van der Waals surface area contributed by atoms with Crippen LogP contribution in [0.1, 0.15) is 24.4 Å². The maximum absolute atomic E-state index is 6.07. The van der Waals surface area contributed by atoms with Crippen LogP contribution in [0.15, 0.2) is 22.7 Å². The summed E-state index contributed by atoms with van der Waals surface area (Å²) < 4.78 is 6.28. The van der Waals surface area contributed by atoms with Crippen LogP contribution in [-0.4, -0.2) is 13.7 Å². The lowest BCUT2D eigenvalue weighted by Gasteiger charge is -2.15. The highest BCUT2D eigenvalue weighted by Crippen LogP contribution is 2.29. The highest BCUT2D eigenvalue weighted by molar-refractivity contribution is 9.10. The third-order valence-corrected chi connectivity index (χ3v) is 2.80. The van der Waals surface area contributed by atoms with Crippen molar-refractivity contribution in [2.24, 2.45) is 11.5 Å². The third kappa shape index (κ3) is 4.29. The molecule has 0 saturated carbocycles. The quantitative estimate of drug-likeness (QED) is 0.879. The molecule has 1 aromatic rings. The zero-order valence-electron chi connectivity index (χ0n) is 9.28. The van der Waals surface area contributed by atoms with E-state index in [-0.39, 0.29) is 18.4 Å². The van der Waals surface area contributed by atoms with Crippen LogP contribution in [-0.2, 0) is 0 Å². The Bertz CT molecular complexity index is 323. The number of hydrogen-bond acceptors (Lipinski definition) is 3. The molecule has 5 heteroatoms. The van der Waals surface area contributed by atoms with Gasteiger partial charge in [-0.05, 0) is 37.6 Å². The molecule has 1 rings (SSSR count). The molecule has 92 valence electrons. The largest absolute Gasteiger partial charge is 0.496 e. The molecule has 1 atom stereocenters. The fourth-order valence-corrected chi connectivity index (χ4v) is 1.87. The molecule has 0 spiro atoms. The Balaban J connectivity index is 0.00000225. The summed E-state index contributed by atoms with van der Waals surface area (Å²) in [6.07, 6.45) is 1.81. The number of nitrogens with two attached hydrogens (primary N) is 2. The number of rotatable bonds is 5. The van der Waals surface area contributed by atoms with Crippen LogP contribution in [0, 0.1) is 0 Å². The van der Waals surface area contributed by atoms with Crippen LogP contribution in [0.4, 0.5) is 0 Å². The summed E-state index contributed by atoms with van der Waals surface area (Å²) in [6, 6.07) is 5.85. The minimum Gasteiger partial charge on any atom is -0.496 e. The molecular formula is C11H18BrClN2O. The van der Waals surface area contributed by atoms with Crippen LogP contribution in [0.3, 0.4) is 0 Å². The fraction of sp³-hybridized carbons (Fsp3) is 0.455. The summed E-state index contributed by atoms with van der Waals surface area (Å²) in [5.74, 6) is 0.836. The first-order valence-corrected chi connectivity index (χ1v) is 5.77. The SMILES string of the molecule is COc1ccc(Br)cc1[C@@H](N)CCCN.Cl. The van der Waals surface area contributed by atoms with E-state index in [1.807, 2.05) is 18.2 Å². The second kappa shape index (κ2) is 7.90. The first-order chi connectivity index (χ1) is 7.19. The molecule has 0 radical (unpaired) electrons. The summed E-state index contributed by atoms with van der Waals surface area (Å²) >= 11 is 3.43. The van der Waals surface area contributed by atoms with Crippen molar-refractivity contribution in [2.75, 3.05) is 13.7 Å². The van der Waals surface area contributed by atoms with Crippen molar-refractivity contribution in [1.29, 1.82) is 0 Å². The lowest BCUT2D eigenvalue weighted by Crippen LogP contribution is -2.13. The Morgan fingerprint density at radius 1 is 1.44 bits per heavy atom. The van der Waals surface area contributed by atoms with E-state index >= 15 is 0 Å². The monoisotopic (exact) mass is 308 g/mol. The van der Waals surface area contributed by atoms with Gasteiger partial charge in [0.1, 0.15) is 5.75 Å². The zero-order valence-corrected chi connectivity index (χ0v) is 11.7. The van der Waals surface area contributed by atoms with Crippen molar-refractivity contribution in [3.05, 3.63) is 28.2 Å². The standard InChI is InChI=1S/C11H17BrN2O.ClH/c1-15-11-5-4-8(12)7-9(11)10(14)3-2-6-13;/h4-5,7,10H,2-3,6,13-14H2,1H3;1H/t10-;/m0./s1. The molecule has 3 nitrogen and oxygen atoms in total. The molecule has 0 saturated heterocycles. The van der Waals surface area contributed by atoms with E-state index < -0.39 is 0 Å². The van der Waals surface area contributed by atoms with Gasteiger partial charge in [0.25, 0.3) is 0 Å². The molecule has 0 heterocycles. The van der Waals surface area contributed by atoms with Crippen LogP contribution in [0.5, 0.6) is 5.75 Å². The van der Waals surface area contributed by atoms with Crippen molar-refractivity contribution in [1.82, 2.24) is 0 Å². The van der Waals surface area contributed by atoms with Crippen molar-refractivity contribution in [3.63, 3.8) is 0 Å². The van der Waals surface area contributed by atoms with E-state index in [0.29, 0.717) is 6.54 Å². The van der Waals surface area contributed by atoms with Gasteiger partial charge in [-0.25, -0.2) is 0 Å². The second-order valence-electron chi connectivity index (χ2n) is 3.42. The smallest absolute Gasteiger partial charge is 0.123 e. The van der Waals surface area contributed by atoms with Gasteiger partial charge >= 0.3 is 0 Å². The number of hydrogen-bond donors (Lipinski definition) is 2. The maximum atomic E-state index is 6.07. The van der Waals surface area contributed by atoms with Gasteiger partial charge in [0, 0.05) is 16.1 Å². The lowest BCUT2D eigenvalue weighted by molar-refractivity contribution is 0.403. The highest BCUT2D eigenvalue weighted by Gasteiger charge is 2.11. The van der Waals surface area contributed by atoms with Gasteiger partial charge in [0.05, 0.1) is 7.11 Å². The predicted molar refractivity (Wildman–Crippen MR) is 73.2 cm³/mol. The van der Waals surface area contributed by atoms with E-state index in [2.05, 4.69) is 15.9 Å². The van der Waals surface area contributed by atoms with Crippen LogP contribution in [0.25, 0.3) is 0 Å². The van der Waals surface area contributed by atoms with Crippen LogP contribution >= 0.6 is 28.3 Å². The Morgan fingerprint density at radius 2 is 2.12 bits per heavy atom. The van der Waals surface area contributed by atoms with Gasteiger partial charge in [0.15, 0.2) is 0 Å². The first-order valence-electron chi connectivity index (χ1n) is 4.98. The number of benzene rings is 1. The molecule has 0 aliphatic carbocycles. The Kier molecular flexibility index (Phi) is 7.76. The fourth-order valence-electron chi connectivity index (χ4n) is 1.49. The zero-order chi connectivity index (χ0) is 11.3. The number of methoxy groups -OCH3 is 1. The minimum atomic E-state index is -0.0130. The highest BCUT2D eigenvalue weighted by atomic mass is 79.9.